The normalized spacial score (nSPS) is 18.9. The maximum absolute atomic E-state index is 13.5. The standard InChI is InChI=1S/C28H31F3N4O5/c1-28(2,3)40-27(37)38-23-15-32-22(24(23)39-26(36)33-13-18-5-4-6-21(29)11-18)12-17-7-9-19(10-8-17)20-14-34-35(16-20)25(30)31/h4-11,14,16,22-25,32H,12-13,15H2,1-3H3,(H,33,36)/t22-,23+,24+/m1/s1. The molecule has 1 aromatic heterocycles. The van der Waals surface area contributed by atoms with E-state index in [0.29, 0.717) is 27.8 Å². The first-order valence-electron chi connectivity index (χ1n) is 12.7. The predicted octanol–water partition coefficient (Wildman–Crippen LogP) is 5.21. The zero-order valence-corrected chi connectivity index (χ0v) is 22.3. The van der Waals surface area contributed by atoms with Gasteiger partial charge >= 0.3 is 18.8 Å². The summed E-state index contributed by atoms with van der Waals surface area (Å²) in [6, 6.07) is 12.6. The van der Waals surface area contributed by atoms with E-state index in [9.17, 15) is 22.8 Å². The number of alkyl carbamates (subject to hydrolysis) is 1. The molecule has 9 nitrogen and oxygen atoms in total. The molecule has 1 aliphatic heterocycles. The number of hydrogen-bond donors (Lipinski definition) is 2. The van der Waals surface area contributed by atoms with Crippen LogP contribution in [-0.4, -0.2) is 52.4 Å². The van der Waals surface area contributed by atoms with E-state index in [-0.39, 0.29) is 13.1 Å². The van der Waals surface area contributed by atoms with Crippen molar-refractivity contribution in [3.63, 3.8) is 0 Å². The highest BCUT2D eigenvalue weighted by Gasteiger charge is 2.42. The zero-order valence-electron chi connectivity index (χ0n) is 22.3. The molecule has 1 fully saturated rings. The number of ether oxygens (including phenoxy) is 3. The number of carbonyl (C=O) groups is 2. The number of hydrogen-bond acceptors (Lipinski definition) is 7. The number of benzene rings is 2. The number of nitrogens with one attached hydrogen (secondary N) is 2. The molecule has 0 saturated carbocycles. The second-order valence-corrected chi connectivity index (χ2v) is 10.4. The van der Waals surface area contributed by atoms with E-state index < -0.39 is 48.5 Å². The molecular formula is C28H31F3N4O5. The van der Waals surface area contributed by atoms with Crippen LogP contribution in [0.1, 0.15) is 38.4 Å². The van der Waals surface area contributed by atoms with Gasteiger partial charge in [0.15, 0.2) is 12.2 Å². The predicted molar refractivity (Wildman–Crippen MR) is 139 cm³/mol. The lowest BCUT2D eigenvalue weighted by atomic mass is 9.99. The fourth-order valence-corrected chi connectivity index (χ4v) is 4.28. The highest BCUT2D eigenvalue weighted by atomic mass is 19.3. The first-order chi connectivity index (χ1) is 19.0. The monoisotopic (exact) mass is 560 g/mol. The molecule has 2 aromatic carbocycles. The number of rotatable bonds is 8. The molecule has 0 radical (unpaired) electrons. The van der Waals surface area contributed by atoms with E-state index >= 15 is 0 Å². The molecule has 12 heteroatoms. The third-order valence-electron chi connectivity index (χ3n) is 6.09. The summed E-state index contributed by atoms with van der Waals surface area (Å²) in [6.07, 6.45) is -0.280. The molecule has 1 aliphatic rings. The molecule has 3 atom stereocenters. The summed E-state index contributed by atoms with van der Waals surface area (Å²) in [6.45, 7) is 2.67. The van der Waals surface area contributed by atoms with Crippen LogP contribution in [0.5, 0.6) is 0 Å². The van der Waals surface area contributed by atoms with E-state index in [1.54, 1.807) is 39.0 Å². The number of carbonyl (C=O) groups excluding carboxylic acids is 2. The second-order valence-electron chi connectivity index (χ2n) is 10.4. The van der Waals surface area contributed by atoms with Crippen LogP contribution in [0.4, 0.5) is 22.8 Å². The van der Waals surface area contributed by atoms with Gasteiger partial charge in [-0.1, -0.05) is 36.4 Å². The average Bonchev–Trinajstić information content (AvgIpc) is 3.51. The third kappa shape index (κ3) is 7.98. The zero-order chi connectivity index (χ0) is 28.9. The summed E-state index contributed by atoms with van der Waals surface area (Å²) in [5, 5.41) is 9.49. The molecule has 2 N–H and O–H groups in total. The smallest absolute Gasteiger partial charge is 0.441 e. The molecule has 0 bridgehead atoms. The number of halogens is 3. The summed E-state index contributed by atoms with van der Waals surface area (Å²) in [5.74, 6) is -0.424. The second kappa shape index (κ2) is 12.4. The van der Waals surface area contributed by atoms with E-state index in [1.807, 2.05) is 12.1 Å². The fraction of sp³-hybridized carbons (Fsp3) is 0.393. The van der Waals surface area contributed by atoms with Crippen LogP contribution >= 0.6 is 0 Å². The molecule has 3 aromatic rings. The van der Waals surface area contributed by atoms with Gasteiger partial charge in [-0.3, -0.25) is 0 Å². The number of aromatic nitrogens is 2. The van der Waals surface area contributed by atoms with E-state index in [0.717, 1.165) is 5.56 Å². The van der Waals surface area contributed by atoms with Crippen molar-refractivity contribution in [3.8, 4) is 11.1 Å². The molecule has 0 spiro atoms. The topological polar surface area (TPSA) is 104 Å². The Morgan fingerprint density at radius 1 is 1.10 bits per heavy atom. The molecule has 1 amide bonds. The molecule has 4 rings (SSSR count). The Labute approximate surface area is 229 Å². The first-order valence-corrected chi connectivity index (χ1v) is 12.7. The van der Waals surface area contributed by atoms with Crippen LogP contribution < -0.4 is 10.6 Å². The maximum Gasteiger partial charge on any atom is 0.509 e. The minimum atomic E-state index is -2.72. The van der Waals surface area contributed by atoms with Gasteiger partial charge in [-0.15, -0.1) is 0 Å². The van der Waals surface area contributed by atoms with Crippen LogP contribution in [0.2, 0.25) is 0 Å². The lowest BCUT2D eigenvalue weighted by Gasteiger charge is -2.26. The van der Waals surface area contributed by atoms with Crippen molar-refractivity contribution in [1.82, 2.24) is 20.4 Å². The molecule has 1 saturated heterocycles. The molecule has 0 unspecified atom stereocenters. The van der Waals surface area contributed by atoms with Crippen molar-refractivity contribution < 1.29 is 37.0 Å². The summed E-state index contributed by atoms with van der Waals surface area (Å²) in [7, 11) is 0. The largest absolute Gasteiger partial charge is 0.509 e. The highest BCUT2D eigenvalue weighted by molar-refractivity contribution is 5.68. The number of nitrogens with zero attached hydrogens (tertiary/aromatic N) is 2. The molecule has 40 heavy (non-hydrogen) atoms. The summed E-state index contributed by atoms with van der Waals surface area (Å²) in [4.78, 5) is 25.0. The number of amides is 1. The lowest BCUT2D eigenvalue weighted by molar-refractivity contribution is -0.0518. The van der Waals surface area contributed by atoms with Crippen molar-refractivity contribution in [2.24, 2.45) is 0 Å². The molecule has 214 valence electrons. The highest BCUT2D eigenvalue weighted by Crippen LogP contribution is 2.25. The average molecular weight is 561 g/mol. The van der Waals surface area contributed by atoms with Gasteiger partial charge in [-0.2, -0.15) is 13.9 Å². The van der Waals surface area contributed by atoms with Crippen LogP contribution in [-0.2, 0) is 27.2 Å². The summed E-state index contributed by atoms with van der Waals surface area (Å²) >= 11 is 0. The van der Waals surface area contributed by atoms with E-state index in [4.69, 9.17) is 14.2 Å². The van der Waals surface area contributed by atoms with Gasteiger partial charge in [0.1, 0.15) is 11.4 Å². The Morgan fingerprint density at radius 2 is 1.85 bits per heavy atom. The van der Waals surface area contributed by atoms with Crippen molar-refractivity contribution in [2.45, 2.75) is 64.1 Å². The molecular weight excluding hydrogens is 529 g/mol. The minimum Gasteiger partial charge on any atom is -0.441 e. The SMILES string of the molecule is CC(C)(C)OC(=O)O[C@H]1CN[C@H](Cc2ccc(-c3cnn(C(F)F)c3)cc2)[C@@H]1OC(=O)NCc1cccc(F)c1. The van der Waals surface area contributed by atoms with Gasteiger partial charge in [0.25, 0.3) is 0 Å². The Morgan fingerprint density at radius 3 is 2.50 bits per heavy atom. The fourth-order valence-electron chi connectivity index (χ4n) is 4.28. The van der Waals surface area contributed by atoms with Crippen LogP contribution in [0.15, 0.2) is 60.9 Å². The van der Waals surface area contributed by atoms with E-state index in [2.05, 4.69) is 15.7 Å². The maximum atomic E-state index is 13.5. The van der Waals surface area contributed by atoms with Gasteiger partial charge in [0.2, 0.25) is 0 Å². The van der Waals surface area contributed by atoms with Gasteiger partial charge in [-0.05, 0) is 56.0 Å². The van der Waals surface area contributed by atoms with Crippen LogP contribution in [0.3, 0.4) is 0 Å². The van der Waals surface area contributed by atoms with Crippen molar-refractivity contribution in [2.75, 3.05) is 6.54 Å². The first kappa shape index (κ1) is 28.9. The van der Waals surface area contributed by atoms with Crippen LogP contribution in [0, 0.1) is 5.82 Å². The van der Waals surface area contributed by atoms with Crippen molar-refractivity contribution in [3.05, 3.63) is 77.9 Å². The summed E-state index contributed by atoms with van der Waals surface area (Å²) < 4.78 is 56.2. The number of alkyl halides is 2. The third-order valence-corrected chi connectivity index (χ3v) is 6.09. The molecule has 0 aliphatic carbocycles. The van der Waals surface area contributed by atoms with Gasteiger partial charge in [-0.25, -0.2) is 18.7 Å². The minimum absolute atomic E-state index is 0.0442. The Kier molecular flexibility index (Phi) is 8.98. The van der Waals surface area contributed by atoms with E-state index in [1.165, 1.54) is 30.6 Å². The Hall–Kier alpha value is -4.06. The quantitative estimate of drug-likeness (QED) is 0.365. The molecule has 2 heterocycles. The Balaban J connectivity index is 1.43. The van der Waals surface area contributed by atoms with Crippen LogP contribution in [0.25, 0.3) is 11.1 Å². The lowest BCUT2D eigenvalue weighted by Crippen LogP contribution is -2.43. The van der Waals surface area contributed by atoms with Gasteiger partial charge in [0.05, 0.1) is 12.2 Å². The van der Waals surface area contributed by atoms with Gasteiger partial charge in [0, 0.05) is 24.8 Å². The Bertz CT molecular complexity index is 1310. The van der Waals surface area contributed by atoms with Crippen molar-refractivity contribution >= 4 is 12.2 Å². The van der Waals surface area contributed by atoms with Gasteiger partial charge < -0.3 is 24.8 Å². The van der Waals surface area contributed by atoms with Crippen molar-refractivity contribution in [1.29, 1.82) is 0 Å². The summed E-state index contributed by atoms with van der Waals surface area (Å²) in [5.41, 5.74) is 1.92.